The van der Waals surface area contributed by atoms with Gasteiger partial charge in [0.05, 0.1) is 0 Å². The summed E-state index contributed by atoms with van der Waals surface area (Å²) in [4.78, 5) is 23.4. The first kappa shape index (κ1) is 42.7. The van der Waals surface area contributed by atoms with Gasteiger partial charge in [0, 0.05) is 12.8 Å². The van der Waals surface area contributed by atoms with Gasteiger partial charge in [0.25, 0.3) is 0 Å². The average molecular weight is 621 g/mol. The first-order valence-corrected chi connectivity index (χ1v) is 19.7. The fourth-order valence-electron chi connectivity index (χ4n) is 6.06. The number of hydrogen-bond acceptors (Lipinski definition) is 3. The van der Waals surface area contributed by atoms with Crippen LogP contribution in [0.15, 0.2) is 12.2 Å². The molecule has 0 spiro atoms. The van der Waals surface area contributed by atoms with Crippen LogP contribution in [-0.4, -0.2) is 23.1 Å². The van der Waals surface area contributed by atoms with Gasteiger partial charge < -0.3 is 9.84 Å². The summed E-state index contributed by atoms with van der Waals surface area (Å²) in [7, 11) is 0. The molecular weight excluding hydrogens is 544 g/mol. The summed E-state index contributed by atoms with van der Waals surface area (Å²) in [6.07, 6.45) is 43.7. The molecule has 0 saturated carbocycles. The molecule has 0 aromatic rings. The van der Waals surface area contributed by atoms with Crippen LogP contribution >= 0.6 is 0 Å². The SMILES string of the molecule is CCCCCC/C=C\CCCCCCCC(=O)OC(CCCCCCCCCCCCCCCCC)CCCCCC(=O)O. The lowest BCUT2D eigenvalue weighted by Crippen LogP contribution is -2.18. The number of hydrogen-bond donors (Lipinski definition) is 1. The van der Waals surface area contributed by atoms with Crippen molar-refractivity contribution in [1.29, 1.82) is 0 Å². The molecule has 0 aliphatic carbocycles. The van der Waals surface area contributed by atoms with Crippen LogP contribution in [0.25, 0.3) is 0 Å². The van der Waals surface area contributed by atoms with Crippen molar-refractivity contribution in [2.45, 2.75) is 232 Å². The molecule has 0 aromatic heterocycles. The smallest absolute Gasteiger partial charge is 0.306 e. The highest BCUT2D eigenvalue weighted by Gasteiger charge is 2.14. The number of rotatable bonds is 36. The number of esters is 1. The highest BCUT2D eigenvalue weighted by molar-refractivity contribution is 5.69. The Labute approximate surface area is 275 Å². The van der Waals surface area contributed by atoms with Crippen molar-refractivity contribution in [2.24, 2.45) is 0 Å². The lowest BCUT2D eigenvalue weighted by Gasteiger charge is -2.18. The van der Waals surface area contributed by atoms with Crippen LogP contribution in [0.5, 0.6) is 0 Å². The molecule has 0 radical (unpaired) electrons. The molecule has 1 N–H and O–H groups in total. The van der Waals surface area contributed by atoms with Crippen LogP contribution in [0.2, 0.25) is 0 Å². The molecule has 0 bridgehead atoms. The molecular formula is C40H76O4. The van der Waals surface area contributed by atoms with Crippen LogP contribution < -0.4 is 0 Å². The van der Waals surface area contributed by atoms with E-state index in [-0.39, 0.29) is 18.5 Å². The zero-order chi connectivity index (χ0) is 32.2. The number of allylic oxidation sites excluding steroid dienone is 2. The molecule has 0 rings (SSSR count). The third kappa shape index (κ3) is 35.2. The third-order valence-corrected chi connectivity index (χ3v) is 8.99. The van der Waals surface area contributed by atoms with E-state index in [9.17, 15) is 9.59 Å². The van der Waals surface area contributed by atoms with Gasteiger partial charge in [-0.1, -0.05) is 161 Å². The summed E-state index contributed by atoms with van der Waals surface area (Å²) in [6, 6.07) is 0. The van der Waals surface area contributed by atoms with Gasteiger partial charge in [0.2, 0.25) is 0 Å². The van der Waals surface area contributed by atoms with Crippen LogP contribution in [0.1, 0.15) is 226 Å². The van der Waals surface area contributed by atoms with Crippen LogP contribution in [0.4, 0.5) is 0 Å². The lowest BCUT2D eigenvalue weighted by atomic mass is 10.0. The average Bonchev–Trinajstić information content (AvgIpc) is 3.00. The predicted octanol–water partition coefficient (Wildman–Crippen LogP) is 13.5. The van der Waals surface area contributed by atoms with Gasteiger partial charge in [-0.3, -0.25) is 9.59 Å². The normalized spacial score (nSPS) is 12.2. The maximum atomic E-state index is 12.6. The molecule has 0 aliphatic heterocycles. The van der Waals surface area contributed by atoms with Crippen LogP contribution in [0.3, 0.4) is 0 Å². The predicted molar refractivity (Wildman–Crippen MR) is 190 cm³/mol. The Hall–Kier alpha value is -1.32. The lowest BCUT2D eigenvalue weighted by molar-refractivity contribution is -0.150. The number of carbonyl (C=O) groups excluding carboxylic acids is 1. The fraction of sp³-hybridized carbons (Fsp3) is 0.900. The zero-order valence-electron chi connectivity index (χ0n) is 29.7. The van der Waals surface area contributed by atoms with Crippen molar-refractivity contribution in [1.82, 2.24) is 0 Å². The zero-order valence-corrected chi connectivity index (χ0v) is 29.7. The molecule has 0 saturated heterocycles. The first-order valence-electron chi connectivity index (χ1n) is 19.7. The molecule has 44 heavy (non-hydrogen) atoms. The molecule has 0 aliphatic rings. The van der Waals surface area contributed by atoms with Gasteiger partial charge in [-0.15, -0.1) is 0 Å². The molecule has 0 fully saturated rings. The Morgan fingerprint density at radius 3 is 1.27 bits per heavy atom. The fourth-order valence-corrected chi connectivity index (χ4v) is 6.06. The van der Waals surface area contributed by atoms with Gasteiger partial charge in [0.15, 0.2) is 0 Å². The van der Waals surface area contributed by atoms with Crippen molar-refractivity contribution < 1.29 is 19.4 Å². The van der Waals surface area contributed by atoms with Gasteiger partial charge in [-0.2, -0.15) is 0 Å². The van der Waals surface area contributed by atoms with Crippen molar-refractivity contribution in [3.63, 3.8) is 0 Å². The molecule has 260 valence electrons. The van der Waals surface area contributed by atoms with E-state index in [1.165, 1.54) is 148 Å². The summed E-state index contributed by atoms with van der Waals surface area (Å²) < 4.78 is 5.94. The molecule has 1 unspecified atom stereocenters. The van der Waals surface area contributed by atoms with Gasteiger partial charge >= 0.3 is 11.9 Å². The van der Waals surface area contributed by atoms with Crippen molar-refractivity contribution in [3.8, 4) is 0 Å². The number of aliphatic carboxylic acids is 1. The van der Waals surface area contributed by atoms with E-state index in [0.29, 0.717) is 12.8 Å². The van der Waals surface area contributed by atoms with Crippen molar-refractivity contribution in [2.75, 3.05) is 0 Å². The summed E-state index contributed by atoms with van der Waals surface area (Å²) in [6.45, 7) is 4.54. The third-order valence-electron chi connectivity index (χ3n) is 8.99. The monoisotopic (exact) mass is 621 g/mol. The Balaban J connectivity index is 3.94. The minimum atomic E-state index is -0.722. The second-order valence-electron chi connectivity index (χ2n) is 13.5. The van der Waals surface area contributed by atoms with Gasteiger partial charge in [-0.25, -0.2) is 0 Å². The molecule has 0 amide bonds. The molecule has 0 heterocycles. The molecule has 4 nitrogen and oxygen atoms in total. The second-order valence-corrected chi connectivity index (χ2v) is 13.5. The van der Waals surface area contributed by atoms with E-state index >= 15 is 0 Å². The molecule has 1 atom stereocenters. The Kier molecular flexibility index (Phi) is 35.1. The molecule has 0 aromatic carbocycles. The standard InChI is InChI=1S/C40H76O4/c1-3-5-7-9-11-13-15-17-18-20-21-23-25-27-30-34-38(35-31-29-32-36-39(41)42)44-40(43)37-33-28-26-24-22-19-16-14-12-10-8-6-4-2/h14,16,38H,3-13,15,17-37H2,1-2H3,(H,41,42)/b16-14-. The largest absolute Gasteiger partial charge is 0.481 e. The van der Waals surface area contributed by atoms with E-state index in [2.05, 4.69) is 26.0 Å². The van der Waals surface area contributed by atoms with Crippen molar-refractivity contribution in [3.05, 3.63) is 12.2 Å². The number of carboxylic acids is 1. The van der Waals surface area contributed by atoms with E-state index in [4.69, 9.17) is 9.84 Å². The Morgan fingerprint density at radius 2 is 0.818 bits per heavy atom. The van der Waals surface area contributed by atoms with Gasteiger partial charge in [-0.05, 0) is 64.2 Å². The molecule has 4 heteroatoms. The maximum absolute atomic E-state index is 12.6. The van der Waals surface area contributed by atoms with E-state index < -0.39 is 5.97 Å². The topological polar surface area (TPSA) is 63.6 Å². The van der Waals surface area contributed by atoms with Crippen molar-refractivity contribution >= 4 is 11.9 Å². The minimum absolute atomic E-state index is 0.00283. The maximum Gasteiger partial charge on any atom is 0.306 e. The summed E-state index contributed by atoms with van der Waals surface area (Å²) in [5.74, 6) is -0.757. The summed E-state index contributed by atoms with van der Waals surface area (Å²) >= 11 is 0. The van der Waals surface area contributed by atoms with Gasteiger partial charge in [0.1, 0.15) is 6.10 Å². The number of ether oxygens (including phenoxy) is 1. The summed E-state index contributed by atoms with van der Waals surface area (Å²) in [5, 5.41) is 8.89. The second kappa shape index (κ2) is 36.2. The minimum Gasteiger partial charge on any atom is -0.481 e. The van der Waals surface area contributed by atoms with E-state index in [1.54, 1.807) is 0 Å². The number of carbonyl (C=O) groups is 2. The van der Waals surface area contributed by atoms with E-state index in [0.717, 1.165) is 44.9 Å². The van der Waals surface area contributed by atoms with E-state index in [1.807, 2.05) is 0 Å². The highest BCUT2D eigenvalue weighted by Crippen LogP contribution is 2.19. The summed E-state index contributed by atoms with van der Waals surface area (Å²) in [5.41, 5.74) is 0. The first-order chi connectivity index (χ1) is 21.6. The number of unbranched alkanes of at least 4 members (excludes halogenated alkanes) is 25. The quantitative estimate of drug-likeness (QED) is 0.0430. The highest BCUT2D eigenvalue weighted by atomic mass is 16.5. The number of carboxylic acid groups (broad SMARTS) is 1. The Morgan fingerprint density at radius 1 is 0.477 bits per heavy atom. The Bertz CT molecular complexity index is 629. The van der Waals surface area contributed by atoms with Crippen LogP contribution in [0, 0.1) is 0 Å². The van der Waals surface area contributed by atoms with Crippen LogP contribution in [-0.2, 0) is 14.3 Å².